The first kappa shape index (κ1) is 11.4. The Labute approximate surface area is 97.1 Å². The van der Waals surface area contributed by atoms with E-state index in [1.165, 1.54) is 24.9 Å². The molecule has 2 heterocycles. The fourth-order valence-electron chi connectivity index (χ4n) is 2.14. The Balaban J connectivity index is 2.06. The van der Waals surface area contributed by atoms with E-state index in [9.17, 15) is 5.11 Å². The van der Waals surface area contributed by atoms with Crippen molar-refractivity contribution in [3.63, 3.8) is 0 Å². The third-order valence-electron chi connectivity index (χ3n) is 3.22. The summed E-state index contributed by atoms with van der Waals surface area (Å²) >= 11 is 0. The van der Waals surface area contributed by atoms with Crippen LogP contribution >= 0.6 is 0 Å². The lowest BCUT2D eigenvalue weighted by Gasteiger charge is -2.28. The topological polar surface area (TPSA) is 36.4 Å². The van der Waals surface area contributed by atoms with Crippen molar-refractivity contribution in [3.05, 3.63) is 24.0 Å². The molecule has 1 fully saturated rings. The first-order valence-corrected chi connectivity index (χ1v) is 6.20. The highest BCUT2D eigenvalue weighted by Gasteiger charge is 2.12. The standard InChI is InChI=1S/C13H20N2O/c1-2-13(16)12-7-6-11(10-14-12)15-8-4-3-5-9-15/h6-7,10,13,16H,2-5,8-9H2,1H3/t13-/m0/s1. The Kier molecular flexibility index (Phi) is 3.78. The Morgan fingerprint density at radius 2 is 2.06 bits per heavy atom. The van der Waals surface area contributed by atoms with Crippen LogP contribution in [0.3, 0.4) is 0 Å². The van der Waals surface area contributed by atoms with Crippen molar-refractivity contribution in [1.82, 2.24) is 4.98 Å². The summed E-state index contributed by atoms with van der Waals surface area (Å²) in [5, 5.41) is 9.65. The van der Waals surface area contributed by atoms with Gasteiger partial charge >= 0.3 is 0 Å². The number of hydrogen-bond acceptors (Lipinski definition) is 3. The average Bonchev–Trinajstić information content (AvgIpc) is 2.39. The lowest BCUT2D eigenvalue weighted by atomic mass is 10.1. The number of nitrogens with zero attached hydrogens (tertiary/aromatic N) is 2. The summed E-state index contributed by atoms with van der Waals surface area (Å²) in [7, 11) is 0. The van der Waals surface area contributed by atoms with Gasteiger partial charge in [0, 0.05) is 13.1 Å². The lowest BCUT2D eigenvalue weighted by Crippen LogP contribution is -2.29. The minimum atomic E-state index is -0.421. The van der Waals surface area contributed by atoms with Gasteiger partial charge in [-0.3, -0.25) is 4.98 Å². The number of pyridine rings is 1. The predicted octanol–water partition coefficient (Wildman–Crippen LogP) is 2.52. The summed E-state index contributed by atoms with van der Waals surface area (Å²) in [5.74, 6) is 0. The van der Waals surface area contributed by atoms with Crippen LogP contribution in [0, 0.1) is 0 Å². The van der Waals surface area contributed by atoms with Gasteiger partial charge in [0.05, 0.1) is 23.7 Å². The van der Waals surface area contributed by atoms with Crippen LogP contribution in [0.1, 0.15) is 44.4 Å². The summed E-state index contributed by atoms with van der Waals surface area (Å²) in [5.41, 5.74) is 1.97. The van der Waals surface area contributed by atoms with Crippen molar-refractivity contribution in [1.29, 1.82) is 0 Å². The highest BCUT2D eigenvalue weighted by atomic mass is 16.3. The third kappa shape index (κ3) is 2.53. The van der Waals surface area contributed by atoms with Crippen LogP contribution in [-0.4, -0.2) is 23.2 Å². The number of aliphatic hydroxyl groups excluding tert-OH is 1. The molecule has 1 saturated heterocycles. The van der Waals surface area contributed by atoms with E-state index in [0.29, 0.717) is 0 Å². The van der Waals surface area contributed by atoms with Crippen LogP contribution in [-0.2, 0) is 0 Å². The monoisotopic (exact) mass is 220 g/mol. The van der Waals surface area contributed by atoms with Gasteiger partial charge in [-0.05, 0) is 37.8 Å². The van der Waals surface area contributed by atoms with Crippen LogP contribution < -0.4 is 4.90 Å². The number of aliphatic hydroxyl groups is 1. The molecule has 16 heavy (non-hydrogen) atoms. The Morgan fingerprint density at radius 3 is 2.62 bits per heavy atom. The van der Waals surface area contributed by atoms with Crippen molar-refractivity contribution >= 4 is 5.69 Å². The maximum Gasteiger partial charge on any atom is 0.0957 e. The molecule has 0 aliphatic carbocycles. The molecular formula is C13H20N2O. The fourth-order valence-corrected chi connectivity index (χ4v) is 2.14. The quantitative estimate of drug-likeness (QED) is 0.850. The minimum absolute atomic E-state index is 0.421. The van der Waals surface area contributed by atoms with E-state index in [1.54, 1.807) is 0 Å². The first-order chi connectivity index (χ1) is 7.81. The minimum Gasteiger partial charge on any atom is -0.387 e. The van der Waals surface area contributed by atoms with Gasteiger partial charge in [0.25, 0.3) is 0 Å². The Morgan fingerprint density at radius 1 is 1.31 bits per heavy atom. The SMILES string of the molecule is CC[C@H](O)c1ccc(N2CCCCC2)cn1. The molecule has 0 unspecified atom stereocenters. The van der Waals surface area contributed by atoms with Crippen LogP contribution in [0.15, 0.2) is 18.3 Å². The molecule has 0 amide bonds. The number of hydrogen-bond donors (Lipinski definition) is 1. The van der Waals surface area contributed by atoms with Crippen LogP contribution in [0.5, 0.6) is 0 Å². The summed E-state index contributed by atoms with van der Waals surface area (Å²) in [6.45, 7) is 4.24. The third-order valence-corrected chi connectivity index (χ3v) is 3.22. The van der Waals surface area contributed by atoms with E-state index in [2.05, 4.69) is 16.0 Å². The van der Waals surface area contributed by atoms with E-state index >= 15 is 0 Å². The van der Waals surface area contributed by atoms with Crippen molar-refractivity contribution < 1.29 is 5.11 Å². The van der Waals surface area contributed by atoms with Crippen molar-refractivity contribution in [2.24, 2.45) is 0 Å². The normalized spacial score (nSPS) is 18.5. The molecule has 1 N–H and O–H groups in total. The summed E-state index contributed by atoms with van der Waals surface area (Å²) in [6.07, 6.45) is 6.08. The van der Waals surface area contributed by atoms with Gasteiger partial charge in [-0.1, -0.05) is 6.92 Å². The summed E-state index contributed by atoms with van der Waals surface area (Å²) in [6, 6.07) is 4.02. The van der Waals surface area contributed by atoms with Crippen LogP contribution in [0.4, 0.5) is 5.69 Å². The first-order valence-electron chi connectivity index (χ1n) is 6.20. The highest BCUT2D eigenvalue weighted by Crippen LogP contribution is 2.21. The van der Waals surface area contributed by atoms with E-state index in [4.69, 9.17) is 0 Å². The second-order valence-electron chi connectivity index (χ2n) is 4.41. The Bertz CT molecular complexity index is 317. The van der Waals surface area contributed by atoms with Gasteiger partial charge in [-0.25, -0.2) is 0 Å². The average molecular weight is 220 g/mol. The molecule has 0 aromatic carbocycles. The molecule has 1 aromatic rings. The zero-order valence-electron chi connectivity index (χ0n) is 9.89. The zero-order valence-corrected chi connectivity index (χ0v) is 9.89. The summed E-state index contributed by atoms with van der Waals surface area (Å²) < 4.78 is 0. The van der Waals surface area contributed by atoms with E-state index < -0.39 is 6.10 Å². The maximum atomic E-state index is 9.65. The van der Waals surface area contributed by atoms with Crippen LogP contribution in [0.2, 0.25) is 0 Å². The molecule has 0 saturated carbocycles. The molecule has 0 spiro atoms. The van der Waals surface area contributed by atoms with Gasteiger partial charge in [-0.2, -0.15) is 0 Å². The smallest absolute Gasteiger partial charge is 0.0957 e. The number of rotatable bonds is 3. The fraction of sp³-hybridized carbons (Fsp3) is 0.615. The van der Waals surface area contributed by atoms with Crippen molar-refractivity contribution in [2.75, 3.05) is 18.0 Å². The van der Waals surface area contributed by atoms with Gasteiger partial charge in [-0.15, -0.1) is 0 Å². The second kappa shape index (κ2) is 5.30. The van der Waals surface area contributed by atoms with E-state index in [1.807, 2.05) is 19.2 Å². The molecule has 0 bridgehead atoms. The van der Waals surface area contributed by atoms with Crippen LogP contribution in [0.25, 0.3) is 0 Å². The Hall–Kier alpha value is -1.09. The highest BCUT2D eigenvalue weighted by molar-refractivity contribution is 5.44. The second-order valence-corrected chi connectivity index (χ2v) is 4.41. The van der Waals surface area contributed by atoms with E-state index in [0.717, 1.165) is 25.2 Å². The van der Waals surface area contributed by atoms with E-state index in [-0.39, 0.29) is 0 Å². The predicted molar refractivity (Wildman–Crippen MR) is 65.6 cm³/mol. The summed E-state index contributed by atoms with van der Waals surface area (Å²) in [4.78, 5) is 6.71. The van der Waals surface area contributed by atoms with Gasteiger partial charge in [0.1, 0.15) is 0 Å². The molecule has 3 nitrogen and oxygen atoms in total. The van der Waals surface area contributed by atoms with Gasteiger partial charge in [0.15, 0.2) is 0 Å². The molecule has 1 aromatic heterocycles. The number of anilines is 1. The molecule has 1 aliphatic rings. The number of aromatic nitrogens is 1. The molecule has 88 valence electrons. The molecule has 1 atom stereocenters. The molecule has 1 aliphatic heterocycles. The molecular weight excluding hydrogens is 200 g/mol. The molecule has 0 radical (unpaired) electrons. The number of piperidine rings is 1. The molecule has 3 heteroatoms. The maximum absolute atomic E-state index is 9.65. The van der Waals surface area contributed by atoms with Crippen molar-refractivity contribution in [3.8, 4) is 0 Å². The largest absolute Gasteiger partial charge is 0.387 e. The van der Waals surface area contributed by atoms with Crippen molar-refractivity contribution in [2.45, 2.75) is 38.7 Å². The lowest BCUT2D eigenvalue weighted by molar-refractivity contribution is 0.169. The molecule has 2 rings (SSSR count). The zero-order chi connectivity index (χ0) is 11.4. The van der Waals surface area contributed by atoms with Gasteiger partial charge in [0.2, 0.25) is 0 Å². The van der Waals surface area contributed by atoms with Gasteiger partial charge < -0.3 is 10.0 Å².